The van der Waals surface area contributed by atoms with Crippen LogP contribution in [0.1, 0.15) is 5.69 Å². The van der Waals surface area contributed by atoms with Gasteiger partial charge < -0.3 is 11.1 Å². The summed E-state index contributed by atoms with van der Waals surface area (Å²) in [6.45, 7) is 1.70. The Morgan fingerprint density at radius 3 is 2.83 bits per heavy atom. The van der Waals surface area contributed by atoms with Gasteiger partial charge in [-0.2, -0.15) is 4.98 Å². The summed E-state index contributed by atoms with van der Waals surface area (Å²) in [5, 5.41) is 2.85. The average molecular weight is 332 g/mol. The topological polar surface area (TPSA) is 63.8 Å². The summed E-state index contributed by atoms with van der Waals surface area (Å²) in [7, 11) is 0. The lowest BCUT2D eigenvalue weighted by Crippen LogP contribution is -2.04. The zero-order valence-corrected chi connectivity index (χ0v) is 11.7. The molecule has 18 heavy (non-hydrogen) atoms. The largest absolute Gasteiger partial charge is 0.394 e. The zero-order chi connectivity index (χ0) is 13.3. The van der Waals surface area contributed by atoms with Crippen LogP contribution in [0.2, 0.25) is 5.28 Å². The van der Waals surface area contributed by atoms with Crippen LogP contribution in [-0.2, 0) is 0 Å². The van der Waals surface area contributed by atoms with Crippen LogP contribution in [0.4, 0.5) is 21.6 Å². The Labute approximate surface area is 117 Å². The molecule has 0 amide bonds. The van der Waals surface area contributed by atoms with Crippen molar-refractivity contribution in [2.45, 2.75) is 6.92 Å². The summed E-state index contributed by atoms with van der Waals surface area (Å²) in [6.07, 6.45) is 0. The Kier molecular flexibility index (Phi) is 3.68. The van der Waals surface area contributed by atoms with Crippen LogP contribution in [0.15, 0.2) is 22.7 Å². The maximum absolute atomic E-state index is 13.6. The fourth-order valence-corrected chi connectivity index (χ4v) is 1.94. The van der Waals surface area contributed by atoms with Crippen LogP contribution in [0.25, 0.3) is 0 Å². The number of halogens is 3. The zero-order valence-electron chi connectivity index (χ0n) is 9.34. The molecule has 1 heterocycles. The van der Waals surface area contributed by atoms with Crippen molar-refractivity contribution in [1.82, 2.24) is 9.97 Å². The highest BCUT2D eigenvalue weighted by atomic mass is 79.9. The fraction of sp³-hybridized carbons (Fsp3) is 0.0909. The second kappa shape index (κ2) is 5.07. The summed E-state index contributed by atoms with van der Waals surface area (Å²) in [4.78, 5) is 7.84. The molecule has 0 saturated heterocycles. The minimum Gasteiger partial charge on any atom is -0.394 e. The highest BCUT2D eigenvalue weighted by Crippen LogP contribution is 2.27. The average Bonchev–Trinajstić information content (AvgIpc) is 2.30. The number of nitrogens with two attached hydrogens (primary N) is 1. The number of benzene rings is 1. The van der Waals surface area contributed by atoms with E-state index in [2.05, 4.69) is 31.2 Å². The van der Waals surface area contributed by atoms with E-state index in [1.165, 1.54) is 6.07 Å². The highest BCUT2D eigenvalue weighted by molar-refractivity contribution is 9.10. The summed E-state index contributed by atoms with van der Waals surface area (Å²) >= 11 is 9.00. The van der Waals surface area contributed by atoms with E-state index in [-0.39, 0.29) is 16.8 Å². The van der Waals surface area contributed by atoms with Crippen LogP contribution in [0.5, 0.6) is 0 Å². The molecule has 0 spiro atoms. The molecule has 0 saturated carbocycles. The molecule has 3 N–H and O–H groups in total. The first-order valence-electron chi connectivity index (χ1n) is 4.99. The van der Waals surface area contributed by atoms with E-state index in [0.29, 0.717) is 11.4 Å². The molecule has 0 bridgehead atoms. The predicted octanol–water partition coefficient (Wildman–Crippen LogP) is 3.67. The first-order valence-corrected chi connectivity index (χ1v) is 6.16. The Hall–Kier alpha value is -1.40. The standard InChI is InChI=1S/C11H9BrClFN4/c1-5-9(15)10(18-11(13)16-5)17-8-4-6(12)2-3-7(8)14/h2-4H,15H2,1H3,(H,16,17,18). The van der Waals surface area contributed by atoms with E-state index in [9.17, 15) is 4.39 Å². The third kappa shape index (κ3) is 2.70. The molecule has 94 valence electrons. The lowest BCUT2D eigenvalue weighted by atomic mass is 10.3. The van der Waals surface area contributed by atoms with E-state index in [1.54, 1.807) is 19.1 Å². The molecule has 0 aliphatic rings. The van der Waals surface area contributed by atoms with Gasteiger partial charge >= 0.3 is 0 Å². The predicted molar refractivity (Wildman–Crippen MR) is 73.6 cm³/mol. The number of nitrogens with zero attached hydrogens (tertiary/aromatic N) is 2. The van der Waals surface area contributed by atoms with Crippen molar-refractivity contribution in [1.29, 1.82) is 0 Å². The molecule has 0 fully saturated rings. The molecule has 0 aliphatic heterocycles. The third-order valence-corrected chi connectivity index (χ3v) is 2.95. The number of anilines is 3. The van der Waals surface area contributed by atoms with E-state index < -0.39 is 5.82 Å². The van der Waals surface area contributed by atoms with Gasteiger partial charge in [-0.25, -0.2) is 9.37 Å². The lowest BCUT2D eigenvalue weighted by Gasteiger charge is -2.11. The van der Waals surface area contributed by atoms with Gasteiger partial charge in [-0.3, -0.25) is 0 Å². The van der Waals surface area contributed by atoms with Crippen LogP contribution >= 0.6 is 27.5 Å². The van der Waals surface area contributed by atoms with Gasteiger partial charge in [0.1, 0.15) is 5.82 Å². The van der Waals surface area contributed by atoms with Crippen molar-refractivity contribution in [2.24, 2.45) is 0 Å². The number of hydrogen-bond donors (Lipinski definition) is 2. The Morgan fingerprint density at radius 1 is 1.39 bits per heavy atom. The highest BCUT2D eigenvalue weighted by Gasteiger charge is 2.10. The van der Waals surface area contributed by atoms with Crippen LogP contribution in [-0.4, -0.2) is 9.97 Å². The summed E-state index contributed by atoms with van der Waals surface area (Å²) < 4.78 is 14.3. The maximum Gasteiger partial charge on any atom is 0.224 e. The van der Waals surface area contributed by atoms with E-state index in [4.69, 9.17) is 17.3 Å². The molecule has 0 aliphatic carbocycles. The maximum atomic E-state index is 13.6. The number of aryl methyl sites for hydroxylation is 1. The van der Waals surface area contributed by atoms with Gasteiger partial charge in [-0.05, 0) is 36.7 Å². The SMILES string of the molecule is Cc1nc(Cl)nc(Nc2cc(Br)ccc2F)c1N. The van der Waals surface area contributed by atoms with Crippen molar-refractivity contribution in [3.63, 3.8) is 0 Å². The Balaban J connectivity index is 2.43. The quantitative estimate of drug-likeness (QED) is 0.824. The molecule has 0 radical (unpaired) electrons. The van der Waals surface area contributed by atoms with Crippen LogP contribution < -0.4 is 11.1 Å². The molecule has 7 heteroatoms. The molecule has 4 nitrogen and oxygen atoms in total. The summed E-state index contributed by atoms with van der Waals surface area (Å²) in [6, 6.07) is 4.51. The Bertz CT molecular complexity index is 606. The third-order valence-electron chi connectivity index (χ3n) is 2.29. The van der Waals surface area contributed by atoms with Crippen molar-refractivity contribution < 1.29 is 4.39 Å². The van der Waals surface area contributed by atoms with Crippen LogP contribution in [0.3, 0.4) is 0 Å². The van der Waals surface area contributed by atoms with Crippen molar-refractivity contribution in [2.75, 3.05) is 11.1 Å². The molecular weight excluding hydrogens is 323 g/mol. The van der Waals surface area contributed by atoms with Gasteiger partial charge in [0.25, 0.3) is 0 Å². The van der Waals surface area contributed by atoms with Gasteiger partial charge in [-0.15, -0.1) is 0 Å². The van der Waals surface area contributed by atoms with E-state index >= 15 is 0 Å². The van der Waals surface area contributed by atoms with E-state index in [0.717, 1.165) is 4.47 Å². The normalized spacial score (nSPS) is 10.4. The first-order chi connectivity index (χ1) is 8.47. The number of nitrogens with one attached hydrogen (secondary N) is 1. The van der Waals surface area contributed by atoms with Gasteiger partial charge in [0, 0.05) is 4.47 Å². The summed E-state index contributed by atoms with van der Waals surface area (Å²) in [5.41, 5.74) is 6.93. The van der Waals surface area contributed by atoms with Gasteiger partial charge in [0.15, 0.2) is 5.82 Å². The number of nitrogen functional groups attached to an aromatic ring is 1. The Morgan fingerprint density at radius 2 is 2.11 bits per heavy atom. The smallest absolute Gasteiger partial charge is 0.224 e. The lowest BCUT2D eigenvalue weighted by molar-refractivity contribution is 0.631. The van der Waals surface area contributed by atoms with Gasteiger partial charge in [0.05, 0.1) is 17.1 Å². The van der Waals surface area contributed by atoms with E-state index in [1.807, 2.05) is 0 Å². The van der Waals surface area contributed by atoms with Crippen molar-refractivity contribution in [3.8, 4) is 0 Å². The molecular formula is C11H9BrClFN4. The molecule has 2 rings (SSSR count). The molecule has 2 aromatic rings. The molecule has 0 unspecified atom stereocenters. The number of aromatic nitrogens is 2. The van der Waals surface area contributed by atoms with Gasteiger partial charge in [-0.1, -0.05) is 15.9 Å². The molecule has 1 aromatic heterocycles. The van der Waals surface area contributed by atoms with Crippen molar-refractivity contribution >= 4 is 44.7 Å². The number of hydrogen-bond acceptors (Lipinski definition) is 4. The molecule has 0 atom stereocenters. The monoisotopic (exact) mass is 330 g/mol. The molecule has 1 aromatic carbocycles. The fourth-order valence-electron chi connectivity index (χ4n) is 1.36. The second-order valence-electron chi connectivity index (χ2n) is 3.59. The minimum atomic E-state index is -0.412. The second-order valence-corrected chi connectivity index (χ2v) is 4.84. The van der Waals surface area contributed by atoms with Crippen molar-refractivity contribution in [3.05, 3.63) is 39.5 Å². The number of rotatable bonds is 2. The van der Waals surface area contributed by atoms with Crippen LogP contribution in [0, 0.1) is 12.7 Å². The minimum absolute atomic E-state index is 0.0552. The van der Waals surface area contributed by atoms with Gasteiger partial charge in [0.2, 0.25) is 5.28 Å². The summed E-state index contributed by atoms with van der Waals surface area (Å²) in [5.74, 6) is -0.130. The first kappa shape index (κ1) is 13.0.